The summed E-state index contributed by atoms with van der Waals surface area (Å²) < 4.78 is 5.79. The molecule has 1 N–H and O–H groups in total. The number of aliphatic hydroxyl groups excluding tert-OH is 1. The molecule has 35 heavy (non-hydrogen) atoms. The lowest BCUT2D eigenvalue weighted by molar-refractivity contribution is -0.249. The van der Waals surface area contributed by atoms with Gasteiger partial charge in [-0.3, -0.25) is 4.79 Å². The molecule has 10 atom stereocenters. The maximum absolute atomic E-state index is 11.9. The second-order valence-electron chi connectivity index (χ2n) is 15.2. The number of fused-ring (bicyclic) bond motifs is 7. The maximum Gasteiger partial charge on any atom is 0.302 e. The van der Waals surface area contributed by atoms with Crippen LogP contribution in [0.5, 0.6) is 0 Å². The number of rotatable bonds is 3. The summed E-state index contributed by atoms with van der Waals surface area (Å²) >= 11 is 0. The largest absolute Gasteiger partial charge is 0.465 e. The van der Waals surface area contributed by atoms with E-state index in [0.717, 1.165) is 12.3 Å². The topological polar surface area (TPSA) is 46.5 Å². The number of allylic oxidation sites excluding steroid dienone is 1. The van der Waals surface area contributed by atoms with Crippen molar-refractivity contribution >= 4 is 5.97 Å². The molecule has 0 radical (unpaired) electrons. The van der Waals surface area contributed by atoms with Gasteiger partial charge in [-0.2, -0.15) is 0 Å². The lowest BCUT2D eigenvalue weighted by atomic mass is 9.32. The molecule has 5 aliphatic carbocycles. The van der Waals surface area contributed by atoms with Crippen LogP contribution in [0.3, 0.4) is 0 Å². The van der Waals surface area contributed by atoms with E-state index in [9.17, 15) is 9.90 Å². The van der Waals surface area contributed by atoms with Gasteiger partial charge in [0.05, 0.1) is 12.7 Å². The van der Waals surface area contributed by atoms with Crippen LogP contribution in [0.2, 0.25) is 0 Å². The van der Waals surface area contributed by atoms with E-state index < -0.39 is 0 Å². The zero-order chi connectivity index (χ0) is 25.6. The standard InChI is InChI=1S/C32H52O3/c1-20(2)22-11-16-32(19-35-21(3)33)18-17-30(7)23(27(22)32)9-10-25-29(6)14-13-26(34)28(4,5)24(29)12-15-31(25,30)8/h22-27,34H,1,9-19H2,2-8H3/t22-,23?,24?,25?,26-,27?,29?,30+,31?,32?/m0/s1. The molecule has 7 unspecified atom stereocenters. The molecule has 3 heteroatoms. The molecule has 5 rings (SSSR count). The Morgan fingerprint density at radius 2 is 1.57 bits per heavy atom. The summed E-state index contributed by atoms with van der Waals surface area (Å²) in [5, 5.41) is 10.9. The summed E-state index contributed by atoms with van der Waals surface area (Å²) in [5.74, 6) is 3.04. The van der Waals surface area contributed by atoms with E-state index in [0.29, 0.717) is 46.5 Å². The first-order valence-corrected chi connectivity index (χ1v) is 14.7. The van der Waals surface area contributed by atoms with Gasteiger partial charge in [0.1, 0.15) is 0 Å². The molecule has 5 aliphatic rings. The molecular formula is C32H52O3. The number of hydrogen-bond donors (Lipinski definition) is 1. The van der Waals surface area contributed by atoms with Crippen molar-refractivity contribution in [2.45, 2.75) is 119 Å². The highest BCUT2D eigenvalue weighted by Gasteiger charge is 2.70. The minimum Gasteiger partial charge on any atom is -0.465 e. The van der Waals surface area contributed by atoms with Crippen molar-refractivity contribution < 1.29 is 14.6 Å². The monoisotopic (exact) mass is 484 g/mol. The van der Waals surface area contributed by atoms with E-state index >= 15 is 0 Å². The van der Waals surface area contributed by atoms with Crippen molar-refractivity contribution in [1.29, 1.82) is 0 Å². The Labute approximate surface area is 214 Å². The average molecular weight is 485 g/mol. The molecule has 5 fully saturated rings. The predicted molar refractivity (Wildman–Crippen MR) is 142 cm³/mol. The lowest BCUT2D eigenvalue weighted by Crippen LogP contribution is -2.66. The fraction of sp³-hybridized carbons (Fsp3) is 0.906. The summed E-state index contributed by atoms with van der Waals surface area (Å²) in [5.41, 5.74) is 2.45. The van der Waals surface area contributed by atoms with Gasteiger partial charge >= 0.3 is 5.97 Å². The van der Waals surface area contributed by atoms with Crippen LogP contribution in [0.25, 0.3) is 0 Å². The number of carbonyl (C=O) groups is 1. The summed E-state index contributed by atoms with van der Waals surface area (Å²) in [7, 11) is 0. The van der Waals surface area contributed by atoms with Gasteiger partial charge in [0.25, 0.3) is 0 Å². The Bertz CT molecular complexity index is 891. The first-order valence-electron chi connectivity index (χ1n) is 14.7. The molecule has 0 saturated heterocycles. The van der Waals surface area contributed by atoms with Crippen molar-refractivity contribution in [3.8, 4) is 0 Å². The normalized spacial score (nSPS) is 52.5. The second-order valence-corrected chi connectivity index (χ2v) is 15.2. The van der Waals surface area contributed by atoms with E-state index in [1.165, 1.54) is 63.4 Å². The number of aliphatic hydroxyl groups is 1. The van der Waals surface area contributed by atoms with Crippen LogP contribution in [0.1, 0.15) is 113 Å². The van der Waals surface area contributed by atoms with Gasteiger partial charge in [-0.25, -0.2) is 0 Å². The molecule has 0 bridgehead atoms. The minimum absolute atomic E-state index is 0.00826. The van der Waals surface area contributed by atoms with Gasteiger partial charge in [-0.1, -0.05) is 46.8 Å². The lowest BCUT2D eigenvalue weighted by Gasteiger charge is -2.73. The van der Waals surface area contributed by atoms with Crippen molar-refractivity contribution in [2.75, 3.05) is 6.61 Å². The Hall–Kier alpha value is -0.830. The average Bonchev–Trinajstić information content (AvgIpc) is 3.16. The first kappa shape index (κ1) is 25.8. The third-order valence-electron chi connectivity index (χ3n) is 13.8. The quantitative estimate of drug-likeness (QED) is 0.332. The van der Waals surface area contributed by atoms with E-state index in [2.05, 4.69) is 48.1 Å². The molecular weight excluding hydrogens is 432 g/mol. The molecule has 198 valence electrons. The first-order chi connectivity index (χ1) is 16.2. The van der Waals surface area contributed by atoms with Gasteiger partial charge in [0.2, 0.25) is 0 Å². The van der Waals surface area contributed by atoms with E-state index in [4.69, 9.17) is 4.74 Å². The van der Waals surface area contributed by atoms with Crippen molar-refractivity contribution in [3.05, 3.63) is 12.2 Å². The Kier molecular flexibility index (Phi) is 5.96. The molecule has 0 amide bonds. The molecule has 0 aromatic heterocycles. The number of esters is 1. The smallest absolute Gasteiger partial charge is 0.302 e. The van der Waals surface area contributed by atoms with Gasteiger partial charge in [-0.05, 0) is 122 Å². The zero-order valence-corrected chi connectivity index (χ0v) is 23.7. The number of ether oxygens (including phenoxy) is 1. The van der Waals surface area contributed by atoms with Gasteiger partial charge in [0, 0.05) is 12.3 Å². The van der Waals surface area contributed by atoms with E-state index in [1.807, 2.05) is 0 Å². The highest BCUT2D eigenvalue weighted by Crippen LogP contribution is 2.77. The van der Waals surface area contributed by atoms with Crippen molar-refractivity contribution in [2.24, 2.45) is 56.7 Å². The fourth-order valence-electron chi connectivity index (χ4n) is 11.8. The second kappa shape index (κ2) is 8.08. The van der Waals surface area contributed by atoms with Crippen LogP contribution < -0.4 is 0 Å². The van der Waals surface area contributed by atoms with Crippen LogP contribution in [-0.4, -0.2) is 23.8 Å². The number of carbonyl (C=O) groups excluding carboxylic acids is 1. The van der Waals surface area contributed by atoms with Crippen molar-refractivity contribution in [1.82, 2.24) is 0 Å². The fourth-order valence-corrected chi connectivity index (χ4v) is 11.8. The molecule has 0 aromatic carbocycles. The number of hydrogen-bond acceptors (Lipinski definition) is 3. The van der Waals surface area contributed by atoms with E-state index in [1.54, 1.807) is 6.92 Å². The summed E-state index contributed by atoms with van der Waals surface area (Å²) in [6.45, 7) is 21.5. The van der Waals surface area contributed by atoms with Crippen molar-refractivity contribution in [3.63, 3.8) is 0 Å². The zero-order valence-electron chi connectivity index (χ0n) is 23.7. The summed E-state index contributed by atoms with van der Waals surface area (Å²) in [4.78, 5) is 11.9. The SMILES string of the molecule is C=C(C)[C@@H]1CCC2(COC(C)=O)CC[C@]3(C)C(CCC4C5(C)CC[C@H](O)C(C)(C)C5CCC43C)C12. The molecule has 0 spiro atoms. The highest BCUT2D eigenvalue weighted by molar-refractivity contribution is 5.65. The molecule has 5 saturated carbocycles. The molecule has 0 aromatic rings. The third kappa shape index (κ3) is 3.34. The van der Waals surface area contributed by atoms with Crippen LogP contribution >= 0.6 is 0 Å². The summed E-state index contributed by atoms with van der Waals surface area (Å²) in [6.07, 6.45) is 12.0. The molecule has 3 nitrogen and oxygen atoms in total. The Morgan fingerprint density at radius 1 is 0.857 bits per heavy atom. The Morgan fingerprint density at radius 3 is 2.23 bits per heavy atom. The van der Waals surface area contributed by atoms with Crippen LogP contribution in [0, 0.1) is 56.7 Å². The van der Waals surface area contributed by atoms with Crippen LogP contribution in [0.4, 0.5) is 0 Å². The summed E-state index contributed by atoms with van der Waals surface area (Å²) in [6, 6.07) is 0. The van der Waals surface area contributed by atoms with Gasteiger partial charge < -0.3 is 9.84 Å². The van der Waals surface area contributed by atoms with Gasteiger partial charge in [-0.15, -0.1) is 0 Å². The Balaban J connectivity index is 1.53. The van der Waals surface area contributed by atoms with Crippen LogP contribution in [-0.2, 0) is 9.53 Å². The maximum atomic E-state index is 11.9. The third-order valence-corrected chi connectivity index (χ3v) is 13.8. The molecule has 0 heterocycles. The highest BCUT2D eigenvalue weighted by atomic mass is 16.5. The van der Waals surface area contributed by atoms with E-state index in [-0.39, 0.29) is 22.9 Å². The minimum atomic E-state index is -0.164. The molecule has 0 aliphatic heterocycles. The van der Waals surface area contributed by atoms with Gasteiger partial charge in [0.15, 0.2) is 0 Å². The predicted octanol–water partition coefficient (Wildman–Crippen LogP) is 7.57. The van der Waals surface area contributed by atoms with Crippen LogP contribution in [0.15, 0.2) is 12.2 Å².